The van der Waals surface area contributed by atoms with Crippen molar-refractivity contribution in [2.75, 3.05) is 5.73 Å². The summed E-state index contributed by atoms with van der Waals surface area (Å²) in [6.07, 6.45) is 1.93. The molecule has 104 valence electrons. The number of nitrogens with two attached hydrogens (primary N) is 1. The van der Waals surface area contributed by atoms with Crippen molar-refractivity contribution in [2.45, 2.75) is 19.9 Å². The molecule has 0 aliphatic heterocycles. The van der Waals surface area contributed by atoms with Crippen molar-refractivity contribution in [3.05, 3.63) is 21.9 Å². The Bertz CT molecular complexity index is 707. The molecule has 20 heavy (non-hydrogen) atoms. The molecule has 0 unspecified atom stereocenters. The van der Waals surface area contributed by atoms with E-state index >= 15 is 0 Å². The van der Waals surface area contributed by atoms with Crippen molar-refractivity contribution in [3.8, 4) is 17.6 Å². The van der Waals surface area contributed by atoms with E-state index in [0.29, 0.717) is 6.54 Å². The number of nitro groups is 1. The van der Waals surface area contributed by atoms with E-state index in [1.165, 1.54) is 16.3 Å². The number of nitriles is 1. The molecule has 0 radical (unpaired) electrons. The van der Waals surface area contributed by atoms with Gasteiger partial charge in [0.05, 0.1) is 7.05 Å². The van der Waals surface area contributed by atoms with Gasteiger partial charge in [0.1, 0.15) is 23.6 Å². The lowest BCUT2D eigenvalue weighted by Crippen LogP contribution is -2.04. The third-order valence-corrected chi connectivity index (χ3v) is 2.90. The number of hydrogen-bond donors (Lipinski definition) is 1. The molecule has 2 N–H and O–H groups in total. The number of nitrogen functional groups attached to an aromatic ring is 1. The molecule has 0 aliphatic rings. The van der Waals surface area contributed by atoms with Gasteiger partial charge in [0.25, 0.3) is 5.82 Å². The standard InChI is InChI=1S/C11H13N7O2/c1-3-4-17-10(13)7(5-12)9(15-17)11-14-6-8(16(11)2)18(19)20/h6H,3-4,13H2,1-2H3. The van der Waals surface area contributed by atoms with E-state index in [1.54, 1.807) is 0 Å². The SMILES string of the molecule is CCCn1nc(-c2ncc([N+](=O)[O-])n2C)c(C#N)c1N. The first-order chi connectivity index (χ1) is 9.51. The van der Waals surface area contributed by atoms with Gasteiger partial charge >= 0.3 is 5.82 Å². The molecule has 0 atom stereocenters. The molecule has 9 heteroatoms. The molecular weight excluding hydrogens is 262 g/mol. The maximum absolute atomic E-state index is 10.8. The highest BCUT2D eigenvalue weighted by Gasteiger charge is 2.25. The number of nitrogens with zero attached hydrogens (tertiary/aromatic N) is 6. The molecule has 9 nitrogen and oxygen atoms in total. The second-order valence-electron chi connectivity index (χ2n) is 4.20. The first kappa shape index (κ1) is 13.5. The number of rotatable bonds is 4. The minimum atomic E-state index is -0.547. The third kappa shape index (κ3) is 1.97. The molecule has 0 fully saturated rings. The topological polar surface area (TPSA) is 129 Å². The van der Waals surface area contributed by atoms with Crippen LogP contribution < -0.4 is 5.73 Å². The van der Waals surface area contributed by atoms with E-state index in [2.05, 4.69) is 10.1 Å². The van der Waals surface area contributed by atoms with E-state index in [1.807, 2.05) is 13.0 Å². The minimum Gasteiger partial charge on any atom is -0.383 e. The fourth-order valence-electron chi connectivity index (χ4n) is 1.91. The number of aromatic nitrogens is 4. The summed E-state index contributed by atoms with van der Waals surface area (Å²) in [5, 5.41) is 24.3. The highest BCUT2D eigenvalue weighted by molar-refractivity contribution is 5.69. The van der Waals surface area contributed by atoms with Crippen molar-refractivity contribution in [2.24, 2.45) is 7.05 Å². The summed E-state index contributed by atoms with van der Waals surface area (Å²) in [6.45, 7) is 2.52. The summed E-state index contributed by atoms with van der Waals surface area (Å²) in [4.78, 5) is 14.2. The largest absolute Gasteiger partial charge is 0.383 e. The van der Waals surface area contributed by atoms with Crippen LogP contribution in [0.5, 0.6) is 0 Å². The molecular formula is C11H13N7O2. The number of anilines is 1. The van der Waals surface area contributed by atoms with Crippen LogP contribution in [-0.2, 0) is 13.6 Å². The maximum Gasteiger partial charge on any atom is 0.342 e. The Labute approximate surface area is 114 Å². The van der Waals surface area contributed by atoms with Gasteiger partial charge < -0.3 is 15.8 Å². The molecule has 0 aromatic carbocycles. The first-order valence-electron chi connectivity index (χ1n) is 5.94. The fraction of sp³-hybridized carbons (Fsp3) is 0.364. The summed E-state index contributed by atoms with van der Waals surface area (Å²) >= 11 is 0. The van der Waals surface area contributed by atoms with E-state index in [0.717, 1.165) is 12.6 Å². The lowest BCUT2D eigenvalue weighted by atomic mass is 10.2. The number of aryl methyl sites for hydroxylation is 1. The zero-order chi connectivity index (χ0) is 14.9. The van der Waals surface area contributed by atoms with Crippen LogP contribution in [-0.4, -0.2) is 24.3 Å². The van der Waals surface area contributed by atoms with Crippen molar-refractivity contribution in [3.63, 3.8) is 0 Å². The van der Waals surface area contributed by atoms with E-state index in [4.69, 9.17) is 5.73 Å². The molecule has 0 saturated carbocycles. The Balaban J connectivity index is 2.61. The summed E-state index contributed by atoms with van der Waals surface area (Å²) in [7, 11) is 1.50. The van der Waals surface area contributed by atoms with Gasteiger partial charge in [-0.2, -0.15) is 10.4 Å². The maximum atomic E-state index is 10.8. The van der Waals surface area contributed by atoms with Crippen LogP contribution in [0, 0.1) is 21.4 Å². The van der Waals surface area contributed by atoms with Crippen LogP contribution in [0.3, 0.4) is 0 Å². The van der Waals surface area contributed by atoms with Crippen molar-refractivity contribution in [1.29, 1.82) is 5.26 Å². The van der Waals surface area contributed by atoms with E-state index in [9.17, 15) is 15.4 Å². The Morgan fingerprint density at radius 1 is 1.60 bits per heavy atom. The van der Waals surface area contributed by atoms with E-state index < -0.39 is 4.92 Å². The van der Waals surface area contributed by atoms with Gasteiger partial charge in [-0.3, -0.25) is 0 Å². The van der Waals surface area contributed by atoms with Crippen molar-refractivity contribution >= 4 is 11.6 Å². The van der Waals surface area contributed by atoms with Crippen LogP contribution in [0.1, 0.15) is 18.9 Å². The summed E-state index contributed by atoms with van der Waals surface area (Å²) in [5.41, 5.74) is 6.30. The average molecular weight is 275 g/mol. The van der Waals surface area contributed by atoms with Gasteiger partial charge in [-0.05, 0) is 11.3 Å². The van der Waals surface area contributed by atoms with Crippen LogP contribution >= 0.6 is 0 Å². The number of hydrogen-bond acceptors (Lipinski definition) is 6. The Kier molecular flexibility index (Phi) is 3.39. The molecule has 0 bridgehead atoms. The molecule has 0 aliphatic carbocycles. The molecule has 2 aromatic rings. The van der Waals surface area contributed by atoms with Gasteiger partial charge in [-0.1, -0.05) is 6.92 Å². The summed E-state index contributed by atoms with van der Waals surface area (Å²) in [6, 6.07) is 1.98. The molecule has 0 spiro atoms. The predicted molar refractivity (Wildman–Crippen MR) is 70.5 cm³/mol. The lowest BCUT2D eigenvalue weighted by molar-refractivity contribution is -0.391. The molecule has 2 rings (SSSR count). The van der Waals surface area contributed by atoms with Crippen LogP contribution in [0.4, 0.5) is 11.6 Å². The van der Waals surface area contributed by atoms with Gasteiger partial charge in [0.2, 0.25) is 0 Å². The van der Waals surface area contributed by atoms with Gasteiger partial charge in [-0.15, -0.1) is 0 Å². The summed E-state index contributed by atoms with van der Waals surface area (Å²) < 4.78 is 2.79. The zero-order valence-electron chi connectivity index (χ0n) is 11.1. The first-order valence-corrected chi connectivity index (χ1v) is 5.94. The zero-order valence-corrected chi connectivity index (χ0v) is 11.1. The predicted octanol–water partition coefficient (Wildman–Crippen LogP) is 1.06. The second kappa shape index (κ2) is 5.00. The Morgan fingerprint density at radius 3 is 2.80 bits per heavy atom. The lowest BCUT2D eigenvalue weighted by Gasteiger charge is -1.99. The Morgan fingerprint density at radius 2 is 2.30 bits per heavy atom. The smallest absolute Gasteiger partial charge is 0.342 e. The molecule has 2 heterocycles. The van der Waals surface area contributed by atoms with Crippen molar-refractivity contribution in [1.82, 2.24) is 19.3 Å². The van der Waals surface area contributed by atoms with Gasteiger partial charge in [0.15, 0.2) is 5.69 Å². The molecule has 0 saturated heterocycles. The third-order valence-electron chi connectivity index (χ3n) is 2.90. The molecule has 0 amide bonds. The van der Waals surface area contributed by atoms with E-state index in [-0.39, 0.29) is 28.7 Å². The monoisotopic (exact) mass is 275 g/mol. The highest BCUT2D eigenvalue weighted by atomic mass is 16.6. The number of imidazole rings is 1. The van der Waals surface area contributed by atoms with Gasteiger partial charge in [-0.25, -0.2) is 14.2 Å². The van der Waals surface area contributed by atoms with Crippen LogP contribution in [0.25, 0.3) is 11.5 Å². The minimum absolute atomic E-state index is 0.174. The Hall–Kier alpha value is -2.89. The van der Waals surface area contributed by atoms with Crippen LogP contribution in [0.15, 0.2) is 6.20 Å². The second-order valence-corrected chi connectivity index (χ2v) is 4.20. The normalized spacial score (nSPS) is 10.4. The average Bonchev–Trinajstić information content (AvgIpc) is 2.91. The molecule has 2 aromatic heterocycles. The summed E-state index contributed by atoms with van der Waals surface area (Å²) in [5.74, 6) is 0.317. The van der Waals surface area contributed by atoms with Crippen molar-refractivity contribution < 1.29 is 4.92 Å². The van der Waals surface area contributed by atoms with Gasteiger partial charge in [0, 0.05) is 6.54 Å². The van der Waals surface area contributed by atoms with Crippen LogP contribution in [0.2, 0.25) is 0 Å². The fourth-order valence-corrected chi connectivity index (χ4v) is 1.91. The quantitative estimate of drug-likeness (QED) is 0.656. The highest BCUT2D eigenvalue weighted by Crippen LogP contribution is 2.27.